The van der Waals surface area contributed by atoms with Gasteiger partial charge in [0.1, 0.15) is 11.8 Å². The first-order chi connectivity index (χ1) is 9.56. The van der Waals surface area contributed by atoms with Crippen LogP contribution < -0.4 is 4.74 Å². The molecule has 0 amide bonds. The Kier molecular flexibility index (Phi) is 3.92. The Morgan fingerprint density at radius 3 is 2.65 bits per heavy atom. The average molecular weight is 288 g/mol. The van der Waals surface area contributed by atoms with Gasteiger partial charge in [0.05, 0.1) is 23.3 Å². The van der Waals surface area contributed by atoms with Gasteiger partial charge in [-0.25, -0.2) is 4.79 Å². The van der Waals surface area contributed by atoms with Crippen molar-refractivity contribution in [1.29, 1.82) is 5.26 Å². The van der Waals surface area contributed by atoms with E-state index in [2.05, 4.69) is 0 Å². The summed E-state index contributed by atoms with van der Waals surface area (Å²) in [5.41, 5.74) is 1.53. The molecule has 0 heterocycles. The normalized spacial score (nSPS) is 9.85. The molecule has 0 atom stereocenters. The fourth-order valence-corrected chi connectivity index (χ4v) is 2.02. The van der Waals surface area contributed by atoms with Crippen LogP contribution in [0.4, 0.5) is 0 Å². The summed E-state index contributed by atoms with van der Waals surface area (Å²) in [7, 11) is 1.47. The number of halogens is 1. The molecule has 0 saturated heterocycles. The molecule has 0 radical (unpaired) electrons. The number of hydrogen-bond acceptors (Lipinski definition) is 3. The van der Waals surface area contributed by atoms with Crippen molar-refractivity contribution in [3.63, 3.8) is 0 Å². The number of nitrogens with zero attached hydrogens (tertiary/aromatic N) is 1. The molecule has 20 heavy (non-hydrogen) atoms. The van der Waals surface area contributed by atoms with E-state index in [-0.39, 0.29) is 5.56 Å². The van der Waals surface area contributed by atoms with Gasteiger partial charge in [-0.3, -0.25) is 0 Å². The van der Waals surface area contributed by atoms with Crippen molar-refractivity contribution in [3.8, 4) is 22.9 Å². The quantitative estimate of drug-likeness (QED) is 0.936. The lowest BCUT2D eigenvalue weighted by Crippen LogP contribution is -2.00. The Morgan fingerprint density at radius 2 is 2.05 bits per heavy atom. The second kappa shape index (κ2) is 5.64. The number of aromatic carboxylic acids is 1. The Bertz CT molecular complexity index is 720. The molecule has 2 aromatic carbocycles. The average Bonchev–Trinajstić information content (AvgIpc) is 2.47. The molecular formula is C15H10ClNO3. The van der Waals surface area contributed by atoms with E-state index in [0.717, 1.165) is 0 Å². The second-order valence-electron chi connectivity index (χ2n) is 4.02. The van der Waals surface area contributed by atoms with Crippen molar-refractivity contribution in [2.24, 2.45) is 0 Å². The van der Waals surface area contributed by atoms with Crippen LogP contribution in [0.5, 0.6) is 5.75 Å². The van der Waals surface area contributed by atoms with Gasteiger partial charge in [0, 0.05) is 0 Å². The van der Waals surface area contributed by atoms with E-state index < -0.39 is 5.97 Å². The number of methoxy groups -OCH3 is 1. The summed E-state index contributed by atoms with van der Waals surface area (Å²) in [6.45, 7) is 0. The zero-order valence-corrected chi connectivity index (χ0v) is 11.3. The second-order valence-corrected chi connectivity index (χ2v) is 4.43. The van der Waals surface area contributed by atoms with Gasteiger partial charge in [0.25, 0.3) is 0 Å². The van der Waals surface area contributed by atoms with Crippen molar-refractivity contribution < 1.29 is 14.6 Å². The van der Waals surface area contributed by atoms with Crippen molar-refractivity contribution in [1.82, 2.24) is 0 Å². The molecule has 0 aromatic heterocycles. The lowest BCUT2D eigenvalue weighted by molar-refractivity contribution is 0.0697. The molecule has 0 aliphatic rings. The van der Waals surface area contributed by atoms with Gasteiger partial charge in [-0.1, -0.05) is 17.7 Å². The van der Waals surface area contributed by atoms with E-state index in [1.165, 1.54) is 13.2 Å². The minimum atomic E-state index is -1.06. The van der Waals surface area contributed by atoms with Gasteiger partial charge in [0.2, 0.25) is 0 Å². The number of benzene rings is 2. The van der Waals surface area contributed by atoms with Crippen molar-refractivity contribution in [2.45, 2.75) is 0 Å². The van der Waals surface area contributed by atoms with E-state index in [0.29, 0.717) is 27.5 Å². The van der Waals surface area contributed by atoms with Crippen LogP contribution in [0.25, 0.3) is 11.1 Å². The smallest absolute Gasteiger partial charge is 0.336 e. The molecule has 5 heteroatoms. The number of carboxylic acids is 1. The molecule has 0 bridgehead atoms. The molecule has 0 unspecified atom stereocenters. The minimum Gasteiger partial charge on any atom is -0.497 e. The highest BCUT2D eigenvalue weighted by molar-refractivity contribution is 6.31. The number of rotatable bonds is 3. The molecule has 0 aliphatic heterocycles. The van der Waals surface area contributed by atoms with E-state index in [1.54, 1.807) is 30.3 Å². The topological polar surface area (TPSA) is 70.3 Å². The highest BCUT2D eigenvalue weighted by Crippen LogP contribution is 2.30. The van der Waals surface area contributed by atoms with Crippen LogP contribution in [0.15, 0.2) is 36.4 Å². The summed E-state index contributed by atoms with van der Waals surface area (Å²) < 4.78 is 5.02. The highest BCUT2D eigenvalue weighted by atomic mass is 35.5. The highest BCUT2D eigenvalue weighted by Gasteiger charge is 2.14. The predicted molar refractivity (Wildman–Crippen MR) is 75.1 cm³/mol. The minimum absolute atomic E-state index is 0.107. The standard InChI is InChI=1S/C15H10ClNO3/c1-20-11-3-4-12(13(7-11)15(18)19)9-2-5-14(16)10(6-9)8-17/h2-7H,1H3,(H,18,19). The Labute approximate surface area is 120 Å². The van der Waals surface area contributed by atoms with Gasteiger partial charge in [0.15, 0.2) is 0 Å². The molecule has 0 fully saturated rings. The van der Waals surface area contributed by atoms with Gasteiger partial charge in [-0.2, -0.15) is 5.26 Å². The third-order valence-electron chi connectivity index (χ3n) is 2.85. The van der Waals surface area contributed by atoms with Crippen molar-refractivity contribution >= 4 is 17.6 Å². The first-order valence-electron chi connectivity index (χ1n) is 5.68. The summed E-state index contributed by atoms with van der Waals surface area (Å²) in [4.78, 5) is 11.3. The third-order valence-corrected chi connectivity index (χ3v) is 3.18. The first-order valence-corrected chi connectivity index (χ1v) is 6.06. The molecular weight excluding hydrogens is 278 g/mol. The monoisotopic (exact) mass is 287 g/mol. The van der Waals surface area contributed by atoms with E-state index >= 15 is 0 Å². The number of hydrogen-bond donors (Lipinski definition) is 1. The van der Waals surface area contributed by atoms with Crippen LogP contribution in [-0.4, -0.2) is 18.2 Å². The molecule has 0 aliphatic carbocycles. The van der Waals surface area contributed by atoms with Crippen LogP contribution >= 0.6 is 11.6 Å². The van der Waals surface area contributed by atoms with E-state index in [1.807, 2.05) is 6.07 Å². The maximum atomic E-state index is 11.3. The summed E-state index contributed by atoms with van der Waals surface area (Å²) in [5, 5.41) is 18.6. The van der Waals surface area contributed by atoms with Crippen LogP contribution in [0.3, 0.4) is 0 Å². The lowest BCUT2D eigenvalue weighted by Gasteiger charge is -2.09. The van der Waals surface area contributed by atoms with Crippen molar-refractivity contribution in [2.75, 3.05) is 7.11 Å². The van der Waals surface area contributed by atoms with Gasteiger partial charge < -0.3 is 9.84 Å². The summed E-state index contributed by atoms with van der Waals surface area (Å²) in [6, 6.07) is 11.5. The van der Waals surface area contributed by atoms with Gasteiger partial charge in [-0.15, -0.1) is 0 Å². The first kappa shape index (κ1) is 13.9. The number of nitriles is 1. The Hall–Kier alpha value is -2.51. The van der Waals surface area contributed by atoms with Crippen LogP contribution in [-0.2, 0) is 0 Å². The predicted octanol–water partition coefficient (Wildman–Crippen LogP) is 3.59. The summed E-state index contributed by atoms with van der Waals surface area (Å²) in [6.07, 6.45) is 0. The van der Waals surface area contributed by atoms with Crippen LogP contribution in [0.2, 0.25) is 5.02 Å². The molecule has 0 saturated carbocycles. The third kappa shape index (κ3) is 2.58. The van der Waals surface area contributed by atoms with Crippen molar-refractivity contribution in [3.05, 3.63) is 52.5 Å². The number of carbonyl (C=O) groups is 1. The molecule has 100 valence electrons. The number of ether oxygens (including phenoxy) is 1. The van der Waals surface area contributed by atoms with Gasteiger partial charge in [-0.05, 0) is 41.5 Å². The molecule has 4 nitrogen and oxygen atoms in total. The Morgan fingerprint density at radius 1 is 1.30 bits per heavy atom. The molecule has 1 N–H and O–H groups in total. The zero-order valence-electron chi connectivity index (χ0n) is 10.6. The SMILES string of the molecule is COc1ccc(-c2ccc(Cl)c(C#N)c2)c(C(=O)O)c1. The summed E-state index contributed by atoms with van der Waals surface area (Å²) >= 11 is 5.87. The zero-order chi connectivity index (χ0) is 14.7. The number of carboxylic acid groups (broad SMARTS) is 1. The molecule has 2 aromatic rings. The van der Waals surface area contributed by atoms with E-state index in [9.17, 15) is 9.90 Å². The Balaban J connectivity index is 2.63. The lowest BCUT2D eigenvalue weighted by atomic mass is 9.98. The largest absolute Gasteiger partial charge is 0.497 e. The summed E-state index contributed by atoms with van der Waals surface area (Å²) in [5.74, 6) is -0.604. The fourth-order valence-electron chi connectivity index (χ4n) is 1.86. The fraction of sp³-hybridized carbons (Fsp3) is 0.0667. The van der Waals surface area contributed by atoms with Crippen LogP contribution in [0, 0.1) is 11.3 Å². The van der Waals surface area contributed by atoms with Gasteiger partial charge >= 0.3 is 5.97 Å². The molecule has 2 rings (SSSR count). The van der Waals surface area contributed by atoms with Crippen LogP contribution in [0.1, 0.15) is 15.9 Å². The molecule has 0 spiro atoms. The van der Waals surface area contributed by atoms with E-state index in [4.69, 9.17) is 21.6 Å². The maximum Gasteiger partial charge on any atom is 0.336 e. The maximum absolute atomic E-state index is 11.3.